The molecule has 3 nitrogen and oxygen atoms in total. The topological polar surface area (TPSA) is 43.8 Å². The third kappa shape index (κ3) is 1.23. The first-order valence-electron chi connectivity index (χ1n) is 4.02. The predicted octanol–water partition coefficient (Wildman–Crippen LogP) is 1.36. The van der Waals surface area contributed by atoms with Crippen molar-refractivity contribution < 1.29 is 0 Å². The van der Waals surface area contributed by atoms with E-state index >= 15 is 0 Å². The zero-order valence-corrected chi connectivity index (χ0v) is 7.39. The Bertz CT molecular complexity index is 250. The molecule has 0 aliphatic carbocycles. The van der Waals surface area contributed by atoms with E-state index in [4.69, 9.17) is 5.73 Å². The summed E-state index contributed by atoms with van der Waals surface area (Å²) in [5.74, 6) is 0.826. The van der Waals surface area contributed by atoms with Crippen LogP contribution in [0.15, 0.2) is 0 Å². The molecule has 2 N–H and O–H groups in total. The Hall–Kier alpha value is -0.990. The maximum absolute atomic E-state index is 5.83. The molecular weight excluding hydrogens is 138 g/mol. The summed E-state index contributed by atoms with van der Waals surface area (Å²) >= 11 is 0. The van der Waals surface area contributed by atoms with E-state index in [1.165, 1.54) is 5.56 Å². The van der Waals surface area contributed by atoms with Crippen molar-refractivity contribution in [2.75, 3.05) is 5.73 Å². The van der Waals surface area contributed by atoms with Crippen molar-refractivity contribution in [3.8, 4) is 0 Å². The van der Waals surface area contributed by atoms with Crippen molar-refractivity contribution in [1.29, 1.82) is 0 Å². The molecule has 11 heavy (non-hydrogen) atoms. The minimum atomic E-state index is 0.826. The molecule has 0 atom stereocenters. The van der Waals surface area contributed by atoms with E-state index in [0.29, 0.717) is 0 Å². The molecule has 0 amide bonds. The highest BCUT2D eigenvalue weighted by Crippen LogP contribution is 2.15. The van der Waals surface area contributed by atoms with Crippen LogP contribution in [0.4, 0.5) is 5.82 Å². The van der Waals surface area contributed by atoms with Crippen LogP contribution in [0.1, 0.15) is 25.1 Å². The summed E-state index contributed by atoms with van der Waals surface area (Å²) in [6, 6.07) is 0. The summed E-state index contributed by atoms with van der Waals surface area (Å²) in [4.78, 5) is 0. The van der Waals surface area contributed by atoms with Crippen LogP contribution in [0.3, 0.4) is 0 Å². The second kappa shape index (κ2) is 2.95. The molecular formula is C8H15N3. The van der Waals surface area contributed by atoms with Crippen molar-refractivity contribution in [3.63, 3.8) is 0 Å². The molecule has 0 spiro atoms. The van der Waals surface area contributed by atoms with Crippen LogP contribution in [0.25, 0.3) is 0 Å². The van der Waals surface area contributed by atoms with Gasteiger partial charge < -0.3 is 5.73 Å². The summed E-state index contributed by atoms with van der Waals surface area (Å²) < 4.78 is 1.84. The average Bonchev–Trinajstić information content (AvgIpc) is 2.26. The van der Waals surface area contributed by atoms with E-state index in [9.17, 15) is 0 Å². The van der Waals surface area contributed by atoms with Crippen molar-refractivity contribution in [2.45, 2.75) is 33.7 Å². The van der Waals surface area contributed by atoms with E-state index in [1.807, 2.05) is 18.5 Å². The molecule has 0 saturated heterocycles. The van der Waals surface area contributed by atoms with Gasteiger partial charge in [-0.05, 0) is 20.3 Å². The van der Waals surface area contributed by atoms with Crippen LogP contribution in [0, 0.1) is 6.92 Å². The standard InChI is InChI=1S/C8H15N3/c1-4-7-6(3)10-11(5-2)8(7)9/h4-5,9H2,1-3H3. The first-order valence-corrected chi connectivity index (χ1v) is 4.02. The SMILES string of the molecule is CCc1c(C)nn(CC)c1N. The minimum Gasteiger partial charge on any atom is -0.384 e. The van der Waals surface area contributed by atoms with E-state index in [0.717, 1.165) is 24.5 Å². The number of aromatic nitrogens is 2. The fraction of sp³-hybridized carbons (Fsp3) is 0.625. The molecule has 0 saturated carbocycles. The van der Waals surface area contributed by atoms with Crippen LogP contribution in [-0.2, 0) is 13.0 Å². The zero-order chi connectivity index (χ0) is 8.43. The molecule has 0 bridgehead atoms. The summed E-state index contributed by atoms with van der Waals surface area (Å²) in [5, 5.41) is 4.29. The van der Waals surface area contributed by atoms with Gasteiger partial charge in [-0.1, -0.05) is 6.92 Å². The lowest BCUT2D eigenvalue weighted by molar-refractivity contribution is 0.663. The highest BCUT2D eigenvalue weighted by molar-refractivity contribution is 5.42. The smallest absolute Gasteiger partial charge is 0.125 e. The Morgan fingerprint density at radius 2 is 2.09 bits per heavy atom. The Morgan fingerprint density at radius 1 is 1.45 bits per heavy atom. The number of nitrogens with zero attached hydrogens (tertiary/aromatic N) is 2. The van der Waals surface area contributed by atoms with Crippen molar-refractivity contribution in [1.82, 2.24) is 9.78 Å². The number of hydrogen-bond acceptors (Lipinski definition) is 2. The van der Waals surface area contributed by atoms with Gasteiger partial charge in [-0.3, -0.25) is 0 Å². The monoisotopic (exact) mass is 153 g/mol. The molecule has 0 radical (unpaired) electrons. The Balaban J connectivity index is 3.14. The van der Waals surface area contributed by atoms with Crippen LogP contribution in [-0.4, -0.2) is 9.78 Å². The van der Waals surface area contributed by atoms with Crippen LogP contribution < -0.4 is 5.73 Å². The number of anilines is 1. The van der Waals surface area contributed by atoms with E-state index in [-0.39, 0.29) is 0 Å². The lowest BCUT2D eigenvalue weighted by atomic mass is 10.2. The first-order chi connectivity index (χ1) is 5.20. The van der Waals surface area contributed by atoms with Gasteiger partial charge in [0.15, 0.2) is 0 Å². The van der Waals surface area contributed by atoms with Gasteiger partial charge >= 0.3 is 0 Å². The van der Waals surface area contributed by atoms with Gasteiger partial charge in [0.25, 0.3) is 0 Å². The van der Waals surface area contributed by atoms with Crippen LogP contribution in [0.5, 0.6) is 0 Å². The van der Waals surface area contributed by atoms with E-state index in [2.05, 4.69) is 12.0 Å². The highest BCUT2D eigenvalue weighted by Gasteiger charge is 2.07. The van der Waals surface area contributed by atoms with Crippen LogP contribution >= 0.6 is 0 Å². The molecule has 0 aliphatic heterocycles. The molecule has 1 rings (SSSR count). The van der Waals surface area contributed by atoms with Gasteiger partial charge in [0.1, 0.15) is 5.82 Å². The van der Waals surface area contributed by atoms with Crippen molar-refractivity contribution >= 4 is 5.82 Å². The molecule has 3 heteroatoms. The maximum Gasteiger partial charge on any atom is 0.125 e. The van der Waals surface area contributed by atoms with Gasteiger partial charge in [0.2, 0.25) is 0 Å². The van der Waals surface area contributed by atoms with E-state index in [1.54, 1.807) is 0 Å². The summed E-state index contributed by atoms with van der Waals surface area (Å²) in [6.45, 7) is 7.00. The zero-order valence-electron chi connectivity index (χ0n) is 7.39. The van der Waals surface area contributed by atoms with Gasteiger partial charge in [-0.2, -0.15) is 5.10 Å². The quantitative estimate of drug-likeness (QED) is 0.697. The second-order valence-corrected chi connectivity index (χ2v) is 2.62. The molecule has 62 valence electrons. The molecule has 1 aromatic rings. The lowest BCUT2D eigenvalue weighted by Crippen LogP contribution is -2.02. The minimum absolute atomic E-state index is 0.826. The van der Waals surface area contributed by atoms with Gasteiger partial charge in [0.05, 0.1) is 5.69 Å². The number of nitrogen functional groups attached to an aromatic ring is 1. The number of hydrogen-bond donors (Lipinski definition) is 1. The molecule has 0 aliphatic rings. The van der Waals surface area contributed by atoms with Gasteiger partial charge in [-0.15, -0.1) is 0 Å². The van der Waals surface area contributed by atoms with Crippen molar-refractivity contribution in [3.05, 3.63) is 11.3 Å². The lowest BCUT2D eigenvalue weighted by Gasteiger charge is -1.98. The first kappa shape index (κ1) is 8.11. The summed E-state index contributed by atoms with van der Waals surface area (Å²) in [6.07, 6.45) is 0.970. The normalized spacial score (nSPS) is 10.5. The molecule has 0 aromatic carbocycles. The Morgan fingerprint density at radius 3 is 2.36 bits per heavy atom. The number of rotatable bonds is 2. The third-order valence-corrected chi connectivity index (χ3v) is 1.95. The molecule has 1 heterocycles. The van der Waals surface area contributed by atoms with E-state index < -0.39 is 0 Å². The largest absolute Gasteiger partial charge is 0.384 e. The van der Waals surface area contributed by atoms with Gasteiger partial charge in [-0.25, -0.2) is 4.68 Å². The molecule has 0 unspecified atom stereocenters. The Labute approximate surface area is 67.2 Å². The molecule has 0 fully saturated rings. The number of aryl methyl sites for hydroxylation is 2. The Kier molecular flexibility index (Phi) is 2.17. The average molecular weight is 153 g/mol. The second-order valence-electron chi connectivity index (χ2n) is 2.62. The van der Waals surface area contributed by atoms with Gasteiger partial charge in [0, 0.05) is 12.1 Å². The number of nitrogens with two attached hydrogens (primary N) is 1. The fourth-order valence-corrected chi connectivity index (χ4v) is 1.31. The van der Waals surface area contributed by atoms with Crippen LogP contribution in [0.2, 0.25) is 0 Å². The predicted molar refractivity (Wildman–Crippen MR) is 46.4 cm³/mol. The fourth-order valence-electron chi connectivity index (χ4n) is 1.31. The molecule has 1 aromatic heterocycles. The maximum atomic E-state index is 5.83. The van der Waals surface area contributed by atoms with Crippen molar-refractivity contribution in [2.24, 2.45) is 0 Å². The third-order valence-electron chi connectivity index (χ3n) is 1.95. The highest BCUT2D eigenvalue weighted by atomic mass is 15.3. The summed E-state index contributed by atoms with van der Waals surface area (Å²) in [5.41, 5.74) is 8.07. The summed E-state index contributed by atoms with van der Waals surface area (Å²) in [7, 11) is 0.